The second-order valence-corrected chi connectivity index (χ2v) is 1.71. The van der Waals surface area contributed by atoms with Crippen LogP contribution in [-0.4, -0.2) is 11.1 Å². The van der Waals surface area contributed by atoms with Crippen LogP contribution in [-0.2, 0) is 11.7 Å². The molecular weight excluding hydrogens is 136 g/mol. The average Bonchev–Trinajstić information content (AvgIpc) is 2.34. The third kappa shape index (κ3) is 1.16. The van der Waals surface area contributed by atoms with Crippen molar-refractivity contribution in [3.8, 4) is 0 Å². The van der Waals surface area contributed by atoms with E-state index in [1.54, 1.807) is 0 Å². The molecule has 0 spiro atoms. The van der Waals surface area contributed by atoms with E-state index in [9.17, 15) is 9.90 Å². The van der Waals surface area contributed by atoms with Crippen LogP contribution in [0, 0.1) is 0 Å². The molecule has 10 heavy (non-hydrogen) atoms. The summed E-state index contributed by atoms with van der Waals surface area (Å²) in [5.74, 6) is -1.41. The lowest BCUT2D eigenvalue weighted by Crippen LogP contribution is -1.89. The van der Waals surface area contributed by atoms with Crippen molar-refractivity contribution in [2.24, 2.45) is 0 Å². The smallest absolute Gasteiger partial charge is 0.421 e. The zero-order valence-electron chi connectivity index (χ0n) is 5.03. The summed E-state index contributed by atoms with van der Waals surface area (Å²) in [6.45, 7) is -0.298. The number of carbonyl (C=O) groups is 1. The van der Waals surface area contributed by atoms with E-state index in [0.717, 1.165) is 0 Å². The molecule has 0 aromatic carbocycles. The minimum Gasteiger partial charge on any atom is -0.451 e. The van der Waals surface area contributed by atoms with Gasteiger partial charge in [0.25, 0.3) is 0 Å². The van der Waals surface area contributed by atoms with E-state index in [1.807, 2.05) is 0 Å². The lowest BCUT2D eigenvalue weighted by Gasteiger charge is -1.83. The number of hydrogen-bond acceptors (Lipinski definition) is 3. The summed E-state index contributed by atoms with van der Waals surface area (Å²) in [5, 5.41) is 18.5. The first kappa shape index (κ1) is 6.82. The van der Waals surface area contributed by atoms with Gasteiger partial charge in [0.15, 0.2) is 0 Å². The monoisotopic (exact) mass is 141 g/mol. The van der Waals surface area contributed by atoms with Crippen molar-refractivity contribution >= 4 is 5.97 Å². The van der Waals surface area contributed by atoms with Crippen molar-refractivity contribution in [2.45, 2.75) is 6.61 Å². The molecule has 1 rings (SSSR count). The summed E-state index contributed by atoms with van der Waals surface area (Å²) in [7, 11) is 0. The molecule has 0 atom stereocenters. The summed E-state index contributed by atoms with van der Waals surface area (Å²) >= 11 is 0. The minimum absolute atomic E-state index is 0.221. The Morgan fingerprint density at radius 2 is 2.30 bits per heavy atom. The van der Waals surface area contributed by atoms with Crippen LogP contribution in [0.25, 0.3) is 0 Å². The normalized spacial score (nSPS) is 9.70. The lowest BCUT2D eigenvalue weighted by molar-refractivity contribution is 0.0532. The van der Waals surface area contributed by atoms with Gasteiger partial charge in [0, 0.05) is 0 Å². The molecule has 1 radical (unpaired) electrons. The van der Waals surface area contributed by atoms with Crippen LogP contribution in [0.1, 0.15) is 16.3 Å². The Hall–Kier alpha value is -1.29. The van der Waals surface area contributed by atoms with Crippen LogP contribution in [0.3, 0.4) is 0 Å². The van der Waals surface area contributed by atoms with Gasteiger partial charge in [0.1, 0.15) is 12.4 Å². The molecule has 0 fully saturated rings. The summed E-state index contributed by atoms with van der Waals surface area (Å²) in [5.41, 5.74) is 0. The van der Waals surface area contributed by atoms with E-state index in [4.69, 9.17) is 5.11 Å². The SMILES string of the molecule is [O]C(=O)c1ccc(CO)o1. The second-order valence-electron chi connectivity index (χ2n) is 1.71. The molecule has 0 bridgehead atoms. The van der Waals surface area contributed by atoms with Gasteiger partial charge in [-0.3, -0.25) is 0 Å². The summed E-state index contributed by atoms with van der Waals surface area (Å²) < 4.78 is 4.58. The van der Waals surface area contributed by atoms with Crippen molar-refractivity contribution in [2.75, 3.05) is 0 Å². The molecule has 0 unspecified atom stereocenters. The van der Waals surface area contributed by atoms with Crippen LogP contribution in [0.4, 0.5) is 0 Å². The van der Waals surface area contributed by atoms with Crippen LogP contribution in [0.2, 0.25) is 0 Å². The van der Waals surface area contributed by atoms with Gasteiger partial charge in [0.05, 0.1) is 0 Å². The Morgan fingerprint density at radius 3 is 2.60 bits per heavy atom. The van der Waals surface area contributed by atoms with Gasteiger partial charge in [-0.2, -0.15) is 0 Å². The van der Waals surface area contributed by atoms with E-state index >= 15 is 0 Å². The average molecular weight is 141 g/mol. The molecule has 0 saturated carbocycles. The highest BCUT2D eigenvalue weighted by atomic mass is 16.4. The number of furan rings is 1. The maximum atomic E-state index is 10.0. The van der Waals surface area contributed by atoms with E-state index in [2.05, 4.69) is 4.42 Å². The van der Waals surface area contributed by atoms with Crippen LogP contribution < -0.4 is 0 Å². The number of aliphatic hydroxyl groups is 1. The molecule has 1 N–H and O–H groups in total. The molecule has 0 aliphatic carbocycles. The van der Waals surface area contributed by atoms with E-state index < -0.39 is 5.97 Å². The fraction of sp³-hybridized carbons (Fsp3) is 0.167. The molecule has 0 aliphatic rings. The quantitative estimate of drug-likeness (QED) is 0.645. The van der Waals surface area contributed by atoms with Gasteiger partial charge in [-0.15, -0.1) is 0 Å². The Kier molecular flexibility index (Phi) is 1.73. The molecule has 1 heterocycles. The fourth-order valence-corrected chi connectivity index (χ4v) is 0.573. The van der Waals surface area contributed by atoms with Gasteiger partial charge in [-0.05, 0) is 12.1 Å². The lowest BCUT2D eigenvalue weighted by atomic mass is 10.4. The van der Waals surface area contributed by atoms with Crippen LogP contribution >= 0.6 is 0 Å². The zero-order valence-corrected chi connectivity index (χ0v) is 5.03. The molecule has 53 valence electrons. The highest BCUT2D eigenvalue weighted by Crippen LogP contribution is 2.06. The van der Waals surface area contributed by atoms with E-state index in [1.165, 1.54) is 12.1 Å². The minimum atomic E-state index is -1.38. The molecule has 4 heteroatoms. The first-order chi connectivity index (χ1) is 4.74. The molecular formula is C6H5O4. The van der Waals surface area contributed by atoms with Crippen LogP contribution in [0.15, 0.2) is 16.5 Å². The molecule has 0 amide bonds. The van der Waals surface area contributed by atoms with E-state index in [0.29, 0.717) is 0 Å². The van der Waals surface area contributed by atoms with Gasteiger partial charge in [-0.1, -0.05) is 0 Å². The van der Waals surface area contributed by atoms with Gasteiger partial charge in [-0.25, -0.2) is 9.90 Å². The molecule has 1 aromatic rings. The van der Waals surface area contributed by atoms with Crippen molar-refractivity contribution in [1.82, 2.24) is 0 Å². The van der Waals surface area contributed by atoms with Crippen LogP contribution in [0.5, 0.6) is 0 Å². The second kappa shape index (κ2) is 2.53. The summed E-state index contributed by atoms with van der Waals surface area (Å²) in [4.78, 5) is 10.0. The topological polar surface area (TPSA) is 70.3 Å². The maximum Gasteiger partial charge on any atom is 0.421 e. The van der Waals surface area contributed by atoms with Crippen molar-refractivity contribution < 1.29 is 19.4 Å². The Bertz CT molecular complexity index is 238. The third-order valence-electron chi connectivity index (χ3n) is 1.02. The molecule has 0 aliphatic heterocycles. The third-order valence-corrected chi connectivity index (χ3v) is 1.02. The Labute approximate surface area is 56.7 Å². The highest BCUT2D eigenvalue weighted by molar-refractivity contribution is 5.83. The summed E-state index contributed by atoms with van der Waals surface area (Å²) in [6, 6.07) is 2.62. The largest absolute Gasteiger partial charge is 0.451 e. The standard InChI is InChI=1S/C6H5O4/c7-3-4-1-2-5(10-4)6(8)9/h1-2,7H,3H2. The number of hydrogen-bond donors (Lipinski definition) is 1. The predicted octanol–water partition coefficient (Wildman–Crippen LogP) is 0.343. The first-order valence-electron chi connectivity index (χ1n) is 2.65. The van der Waals surface area contributed by atoms with Gasteiger partial charge in [0.2, 0.25) is 5.76 Å². The number of carbonyl (C=O) groups excluding carboxylic acids is 1. The fourth-order valence-electron chi connectivity index (χ4n) is 0.573. The van der Waals surface area contributed by atoms with Gasteiger partial charge < -0.3 is 9.52 Å². The Morgan fingerprint density at radius 1 is 1.60 bits per heavy atom. The first-order valence-corrected chi connectivity index (χ1v) is 2.65. The molecule has 4 nitrogen and oxygen atoms in total. The molecule has 0 saturated heterocycles. The maximum absolute atomic E-state index is 10.0. The number of aliphatic hydroxyl groups excluding tert-OH is 1. The van der Waals surface area contributed by atoms with Gasteiger partial charge >= 0.3 is 5.97 Å². The predicted molar refractivity (Wildman–Crippen MR) is 29.6 cm³/mol. The molecule has 1 aromatic heterocycles. The highest BCUT2D eigenvalue weighted by Gasteiger charge is 2.09. The Balaban J connectivity index is 2.88. The zero-order chi connectivity index (χ0) is 7.56. The summed E-state index contributed by atoms with van der Waals surface area (Å²) in [6.07, 6.45) is 0. The van der Waals surface area contributed by atoms with Crippen molar-refractivity contribution in [3.05, 3.63) is 23.7 Å². The van der Waals surface area contributed by atoms with Crippen molar-refractivity contribution in [1.29, 1.82) is 0 Å². The number of rotatable bonds is 2. The van der Waals surface area contributed by atoms with Crippen molar-refractivity contribution in [3.63, 3.8) is 0 Å². The van der Waals surface area contributed by atoms with E-state index in [-0.39, 0.29) is 18.1 Å².